The van der Waals surface area contributed by atoms with E-state index in [9.17, 15) is 0 Å². The van der Waals surface area contributed by atoms with Gasteiger partial charge >= 0.3 is 0 Å². The highest BCUT2D eigenvalue weighted by Crippen LogP contribution is 2.63. The van der Waals surface area contributed by atoms with Crippen LogP contribution in [0.4, 0.5) is 0 Å². The summed E-state index contributed by atoms with van der Waals surface area (Å²) in [6.45, 7) is 0. The molecule has 0 saturated carbocycles. The van der Waals surface area contributed by atoms with Crippen LogP contribution in [0.2, 0.25) is 0 Å². The van der Waals surface area contributed by atoms with Crippen LogP contribution in [-0.4, -0.2) is 12.0 Å². The normalized spacial score (nSPS) is 19.7. The van der Waals surface area contributed by atoms with Gasteiger partial charge in [-0.1, -0.05) is 72.6 Å². The summed E-state index contributed by atoms with van der Waals surface area (Å²) in [4.78, 5) is 4.19. The SMILES string of the molecule is COc1ccc(C2=CC3=S(SC(c4ccccc4)=C3)S2)cc1. The number of hydrogen-bond donors (Lipinski definition) is 0. The first-order chi connectivity index (χ1) is 10.8. The Hall–Kier alpha value is -1.36. The summed E-state index contributed by atoms with van der Waals surface area (Å²) in [5.74, 6) is 0.906. The maximum atomic E-state index is 5.23. The summed E-state index contributed by atoms with van der Waals surface area (Å²) >= 11 is 0. The maximum absolute atomic E-state index is 5.23. The lowest BCUT2D eigenvalue weighted by Crippen LogP contribution is -1.85. The third kappa shape index (κ3) is 2.67. The van der Waals surface area contributed by atoms with Gasteiger partial charge in [-0.15, -0.1) is 0 Å². The zero-order valence-corrected chi connectivity index (χ0v) is 14.4. The first-order valence-corrected chi connectivity index (χ1v) is 10.8. The maximum Gasteiger partial charge on any atom is 0.118 e. The minimum absolute atomic E-state index is 0.197. The fourth-order valence-corrected chi connectivity index (χ4v) is 9.01. The van der Waals surface area contributed by atoms with Crippen LogP contribution in [0.3, 0.4) is 0 Å². The van der Waals surface area contributed by atoms with Gasteiger partial charge in [0.15, 0.2) is 0 Å². The molecule has 0 saturated heterocycles. The van der Waals surface area contributed by atoms with Crippen molar-refractivity contribution in [2.75, 3.05) is 7.11 Å². The molecule has 0 fully saturated rings. The Bertz CT molecular complexity index is 802. The van der Waals surface area contributed by atoms with Gasteiger partial charge in [0.05, 0.1) is 7.11 Å². The van der Waals surface area contributed by atoms with Crippen molar-refractivity contribution in [1.29, 1.82) is 0 Å². The molecule has 0 spiro atoms. The highest BCUT2D eigenvalue weighted by atomic mass is 33.5. The lowest BCUT2D eigenvalue weighted by Gasteiger charge is -2.07. The Morgan fingerprint density at radius 3 is 1.91 bits per heavy atom. The Morgan fingerprint density at radius 2 is 1.36 bits per heavy atom. The Balaban J connectivity index is 1.57. The molecule has 0 radical (unpaired) electrons. The van der Waals surface area contributed by atoms with E-state index < -0.39 is 0 Å². The van der Waals surface area contributed by atoms with Gasteiger partial charge in [-0.2, -0.15) is 0 Å². The van der Waals surface area contributed by atoms with Crippen molar-refractivity contribution in [2.45, 2.75) is 0 Å². The molecular formula is C18H14OS3. The van der Waals surface area contributed by atoms with E-state index in [2.05, 4.69) is 54.6 Å². The van der Waals surface area contributed by atoms with Crippen molar-refractivity contribution in [3.63, 3.8) is 0 Å². The van der Waals surface area contributed by atoms with E-state index in [-0.39, 0.29) is 8.55 Å². The molecule has 0 N–H and O–H groups in total. The second kappa shape index (κ2) is 6.03. The molecule has 1 nitrogen and oxygen atoms in total. The van der Waals surface area contributed by atoms with E-state index in [0.29, 0.717) is 0 Å². The van der Waals surface area contributed by atoms with Gasteiger partial charge in [0, 0.05) is 14.7 Å². The van der Waals surface area contributed by atoms with Crippen LogP contribution in [0.1, 0.15) is 11.1 Å². The molecule has 0 aromatic heterocycles. The first-order valence-electron chi connectivity index (χ1n) is 6.94. The second-order valence-electron chi connectivity index (χ2n) is 4.92. The zero-order valence-electron chi connectivity index (χ0n) is 12.0. The molecule has 0 amide bonds. The first kappa shape index (κ1) is 14.2. The van der Waals surface area contributed by atoms with Gasteiger partial charge in [-0.25, -0.2) is 0 Å². The highest BCUT2D eigenvalue weighted by molar-refractivity contribution is 9.19. The van der Waals surface area contributed by atoms with E-state index >= 15 is 0 Å². The molecule has 22 heavy (non-hydrogen) atoms. The van der Waals surface area contributed by atoms with E-state index in [0.717, 1.165) is 5.75 Å². The van der Waals surface area contributed by atoms with Crippen LogP contribution in [0, 0.1) is 0 Å². The van der Waals surface area contributed by atoms with Crippen molar-refractivity contribution < 1.29 is 4.74 Å². The van der Waals surface area contributed by atoms with E-state index in [4.69, 9.17) is 4.74 Å². The summed E-state index contributed by atoms with van der Waals surface area (Å²) in [6, 6.07) is 19.0. The summed E-state index contributed by atoms with van der Waals surface area (Å²) in [6.07, 6.45) is 4.67. The molecule has 4 heteroatoms. The van der Waals surface area contributed by atoms with E-state index in [1.165, 1.54) is 25.8 Å². The molecule has 2 aromatic rings. The fraction of sp³-hybridized carbons (Fsp3) is 0.0556. The number of hydrogen-bond acceptors (Lipinski definition) is 3. The average Bonchev–Trinajstić information content (AvgIpc) is 3.15. The van der Waals surface area contributed by atoms with Crippen LogP contribution in [0.5, 0.6) is 5.75 Å². The monoisotopic (exact) mass is 342 g/mol. The van der Waals surface area contributed by atoms with Crippen molar-refractivity contribution in [3.8, 4) is 5.75 Å². The molecule has 1 atom stereocenters. The Kier molecular flexibility index (Phi) is 3.90. The molecular weight excluding hydrogens is 328 g/mol. The van der Waals surface area contributed by atoms with Crippen molar-refractivity contribution in [2.24, 2.45) is 0 Å². The smallest absolute Gasteiger partial charge is 0.118 e. The molecule has 2 heterocycles. The molecule has 2 aromatic carbocycles. The van der Waals surface area contributed by atoms with Gasteiger partial charge < -0.3 is 4.74 Å². The average molecular weight is 343 g/mol. The number of allylic oxidation sites excluding steroid dienone is 2. The molecule has 0 aliphatic carbocycles. The van der Waals surface area contributed by atoms with Gasteiger partial charge in [0.2, 0.25) is 0 Å². The topological polar surface area (TPSA) is 9.23 Å². The minimum Gasteiger partial charge on any atom is -0.497 e. The number of ether oxygens (including phenoxy) is 1. The Morgan fingerprint density at radius 1 is 0.773 bits per heavy atom. The van der Waals surface area contributed by atoms with Gasteiger partial charge in [-0.3, -0.25) is 0 Å². The Labute approximate surface area is 140 Å². The molecule has 2 aliphatic rings. The summed E-state index contributed by atoms with van der Waals surface area (Å²) in [5.41, 5.74) is 2.59. The third-order valence-corrected chi connectivity index (χ3v) is 9.86. The minimum atomic E-state index is 0.197. The highest BCUT2D eigenvalue weighted by Gasteiger charge is 2.23. The summed E-state index contributed by atoms with van der Waals surface area (Å²) in [7, 11) is 5.85. The largest absolute Gasteiger partial charge is 0.497 e. The van der Waals surface area contributed by atoms with Crippen LogP contribution in [-0.2, 0) is 0 Å². The number of methoxy groups -OCH3 is 1. The summed E-state index contributed by atoms with van der Waals surface area (Å²) < 4.78 is 5.23. The number of benzene rings is 2. The predicted molar refractivity (Wildman–Crippen MR) is 103 cm³/mol. The van der Waals surface area contributed by atoms with Gasteiger partial charge in [-0.05, 0) is 35.4 Å². The number of rotatable bonds is 3. The molecule has 4 rings (SSSR count). The lowest BCUT2D eigenvalue weighted by atomic mass is 10.1. The van der Waals surface area contributed by atoms with Crippen molar-refractivity contribution in [1.82, 2.24) is 0 Å². The molecule has 0 bridgehead atoms. The second-order valence-corrected chi connectivity index (χ2v) is 10.7. The van der Waals surface area contributed by atoms with Crippen LogP contribution in [0.15, 0.2) is 66.7 Å². The molecule has 110 valence electrons. The van der Waals surface area contributed by atoms with E-state index in [1.807, 2.05) is 33.7 Å². The van der Waals surface area contributed by atoms with E-state index in [1.54, 1.807) is 7.11 Å². The fourth-order valence-electron chi connectivity index (χ4n) is 2.34. The van der Waals surface area contributed by atoms with Gasteiger partial charge in [0.25, 0.3) is 0 Å². The van der Waals surface area contributed by atoms with Crippen LogP contribution in [0.25, 0.3) is 9.81 Å². The third-order valence-electron chi connectivity index (χ3n) is 3.50. The van der Waals surface area contributed by atoms with Crippen LogP contribution >= 0.6 is 30.1 Å². The van der Waals surface area contributed by atoms with Gasteiger partial charge in [0.1, 0.15) is 5.75 Å². The lowest BCUT2D eigenvalue weighted by molar-refractivity contribution is 0.415. The zero-order chi connectivity index (χ0) is 14.9. The van der Waals surface area contributed by atoms with Crippen LogP contribution < -0.4 is 4.74 Å². The molecule has 1 unspecified atom stereocenters. The summed E-state index contributed by atoms with van der Waals surface area (Å²) in [5, 5.41) is 0. The quantitative estimate of drug-likeness (QED) is 0.512. The molecule has 2 aliphatic heterocycles. The predicted octanol–water partition coefficient (Wildman–Crippen LogP) is 5.84. The van der Waals surface area contributed by atoms with Crippen molar-refractivity contribution >= 4 is 44.8 Å². The van der Waals surface area contributed by atoms with Crippen molar-refractivity contribution in [3.05, 3.63) is 77.9 Å². The standard InChI is InChI=1S/C18H14OS3/c1-19-15-9-7-14(8-10-15)18-12-16-11-17(20-22(16)21-18)13-5-3-2-4-6-13/h2-12H,1H3.